The lowest BCUT2D eigenvalue weighted by Crippen LogP contribution is -2.38. The van der Waals surface area contributed by atoms with E-state index < -0.39 is 8.07 Å². The molecule has 0 saturated heterocycles. The Kier molecular flexibility index (Phi) is 3.25. The van der Waals surface area contributed by atoms with Crippen molar-refractivity contribution < 1.29 is 4.74 Å². The Labute approximate surface area is 104 Å². The van der Waals surface area contributed by atoms with E-state index in [1.54, 1.807) is 0 Å². The molecule has 2 heteroatoms. The van der Waals surface area contributed by atoms with Gasteiger partial charge in [0.1, 0.15) is 5.75 Å². The highest BCUT2D eigenvalue weighted by molar-refractivity contribution is 6.90. The number of benzene rings is 2. The molecule has 0 aliphatic heterocycles. The molecule has 0 heterocycles. The van der Waals surface area contributed by atoms with Crippen molar-refractivity contribution in [1.82, 2.24) is 0 Å². The molecule has 0 radical (unpaired) electrons. The Bertz CT molecular complexity index is 526. The number of rotatable bonds is 3. The highest BCUT2D eigenvalue weighted by Gasteiger charge is 2.19. The van der Waals surface area contributed by atoms with Crippen molar-refractivity contribution in [1.29, 1.82) is 0 Å². The van der Waals surface area contributed by atoms with E-state index in [4.69, 9.17) is 4.74 Å². The van der Waals surface area contributed by atoms with Gasteiger partial charge in [-0.2, -0.15) is 0 Å². The van der Waals surface area contributed by atoms with Crippen molar-refractivity contribution in [2.45, 2.75) is 26.6 Å². The molecule has 0 bridgehead atoms. The third kappa shape index (κ3) is 2.37. The summed E-state index contributed by atoms with van der Waals surface area (Å²) in [5.74, 6) is 1.00. The molecule has 17 heavy (non-hydrogen) atoms. The van der Waals surface area contributed by atoms with Crippen molar-refractivity contribution in [3.05, 3.63) is 36.4 Å². The maximum absolute atomic E-state index is 5.70. The van der Waals surface area contributed by atoms with Crippen molar-refractivity contribution in [2.24, 2.45) is 0 Å². The third-order valence-corrected chi connectivity index (χ3v) is 5.04. The van der Waals surface area contributed by atoms with Gasteiger partial charge in [-0.25, -0.2) is 0 Å². The molecule has 2 aromatic carbocycles. The third-order valence-electron chi connectivity index (χ3n) is 2.99. The van der Waals surface area contributed by atoms with E-state index in [1.165, 1.54) is 16.0 Å². The molecule has 0 amide bonds. The van der Waals surface area contributed by atoms with Crippen LogP contribution in [-0.4, -0.2) is 14.7 Å². The summed E-state index contributed by atoms with van der Waals surface area (Å²) in [6.07, 6.45) is 0. The second-order valence-electron chi connectivity index (χ2n) is 5.34. The average Bonchev–Trinajstić information content (AvgIpc) is 2.28. The summed E-state index contributed by atoms with van der Waals surface area (Å²) in [5, 5.41) is 4.11. The number of ether oxygens (including phenoxy) is 1. The fraction of sp³-hybridized carbons (Fsp3) is 0.333. The minimum Gasteiger partial charge on any atom is -0.493 e. The molecule has 0 unspecified atom stereocenters. The fourth-order valence-corrected chi connectivity index (χ4v) is 3.82. The van der Waals surface area contributed by atoms with Gasteiger partial charge >= 0.3 is 0 Å². The normalized spacial score (nSPS) is 11.8. The van der Waals surface area contributed by atoms with Crippen molar-refractivity contribution >= 4 is 24.0 Å². The van der Waals surface area contributed by atoms with E-state index in [0.717, 1.165) is 12.4 Å². The number of hydrogen-bond donors (Lipinski definition) is 0. The molecule has 0 aliphatic carbocycles. The van der Waals surface area contributed by atoms with Gasteiger partial charge in [-0.1, -0.05) is 55.2 Å². The SMILES string of the molecule is CCOc1ccc([Si](C)(C)C)c2ccccc12. The Morgan fingerprint density at radius 2 is 1.59 bits per heavy atom. The number of hydrogen-bond acceptors (Lipinski definition) is 1. The first-order chi connectivity index (χ1) is 8.04. The lowest BCUT2D eigenvalue weighted by molar-refractivity contribution is 0.344. The van der Waals surface area contributed by atoms with Crippen LogP contribution >= 0.6 is 0 Å². The molecule has 0 N–H and O–H groups in total. The first kappa shape index (κ1) is 12.2. The van der Waals surface area contributed by atoms with Crippen LogP contribution in [0.2, 0.25) is 19.6 Å². The molecular weight excluding hydrogens is 224 g/mol. The standard InChI is InChI=1S/C15H20OSi/c1-5-16-14-10-11-15(17(2,3)4)13-9-7-6-8-12(13)14/h6-11H,5H2,1-4H3. The zero-order valence-corrected chi connectivity index (χ0v) is 12.1. The maximum atomic E-state index is 5.70. The van der Waals surface area contributed by atoms with E-state index >= 15 is 0 Å². The minimum absolute atomic E-state index is 0.719. The van der Waals surface area contributed by atoms with Crippen LogP contribution in [0, 0.1) is 0 Å². The molecule has 0 saturated carbocycles. The van der Waals surface area contributed by atoms with Gasteiger partial charge in [-0.15, -0.1) is 0 Å². The van der Waals surface area contributed by atoms with Crippen molar-refractivity contribution in [2.75, 3.05) is 6.61 Å². The predicted octanol–water partition coefficient (Wildman–Crippen LogP) is 3.78. The first-order valence-corrected chi connectivity index (χ1v) is 9.69. The van der Waals surface area contributed by atoms with Crippen molar-refractivity contribution in [3.8, 4) is 5.75 Å². The lowest BCUT2D eigenvalue weighted by Gasteiger charge is -2.20. The second kappa shape index (κ2) is 4.53. The summed E-state index contributed by atoms with van der Waals surface area (Å²) in [6, 6.07) is 12.9. The van der Waals surface area contributed by atoms with Gasteiger partial charge in [-0.05, 0) is 18.4 Å². The smallest absolute Gasteiger partial charge is 0.127 e. The molecule has 1 nitrogen and oxygen atoms in total. The molecule has 0 spiro atoms. The largest absolute Gasteiger partial charge is 0.493 e. The Morgan fingerprint density at radius 1 is 0.941 bits per heavy atom. The minimum atomic E-state index is -1.30. The molecule has 0 aliphatic rings. The van der Waals surface area contributed by atoms with Gasteiger partial charge < -0.3 is 4.74 Å². The molecule has 0 aromatic heterocycles. The molecule has 2 rings (SSSR count). The lowest BCUT2D eigenvalue weighted by atomic mass is 10.1. The van der Waals surface area contributed by atoms with Crippen LogP contribution in [0.5, 0.6) is 5.75 Å². The number of fused-ring (bicyclic) bond motifs is 1. The van der Waals surface area contributed by atoms with Crippen LogP contribution in [0.15, 0.2) is 36.4 Å². The average molecular weight is 244 g/mol. The van der Waals surface area contributed by atoms with E-state index in [9.17, 15) is 0 Å². The Balaban J connectivity index is 2.71. The first-order valence-electron chi connectivity index (χ1n) is 6.19. The van der Waals surface area contributed by atoms with Gasteiger partial charge in [0.2, 0.25) is 0 Å². The fourth-order valence-electron chi connectivity index (χ4n) is 2.21. The zero-order valence-electron chi connectivity index (χ0n) is 11.1. The van der Waals surface area contributed by atoms with Crippen LogP contribution in [0.4, 0.5) is 0 Å². The van der Waals surface area contributed by atoms with E-state index in [0.29, 0.717) is 0 Å². The van der Waals surface area contributed by atoms with Gasteiger partial charge in [0.25, 0.3) is 0 Å². The topological polar surface area (TPSA) is 9.23 Å². The van der Waals surface area contributed by atoms with Gasteiger partial charge in [0.15, 0.2) is 0 Å². The van der Waals surface area contributed by atoms with Crippen LogP contribution in [-0.2, 0) is 0 Å². The summed E-state index contributed by atoms with van der Waals surface area (Å²) < 4.78 is 5.70. The summed E-state index contributed by atoms with van der Waals surface area (Å²) in [5.41, 5.74) is 0. The van der Waals surface area contributed by atoms with Crippen LogP contribution in [0.25, 0.3) is 10.8 Å². The van der Waals surface area contributed by atoms with E-state index in [-0.39, 0.29) is 0 Å². The monoisotopic (exact) mass is 244 g/mol. The molecule has 0 fully saturated rings. The maximum Gasteiger partial charge on any atom is 0.127 e. The van der Waals surface area contributed by atoms with E-state index in [2.05, 4.69) is 56.0 Å². The quantitative estimate of drug-likeness (QED) is 0.747. The van der Waals surface area contributed by atoms with Crippen LogP contribution < -0.4 is 9.92 Å². The zero-order chi connectivity index (χ0) is 12.5. The van der Waals surface area contributed by atoms with Crippen LogP contribution in [0.3, 0.4) is 0 Å². The molecule has 90 valence electrons. The summed E-state index contributed by atoms with van der Waals surface area (Å²) in [4.78, 5) is 0. The Morgan fingerprint density at radius 3 is 2.18 bits per heavy atom. The summed E-state index contributed by atoms with van der Waals surface area (Å²) >= 11 is 0. The van der Waals surface area contributed by atoms with Crippen LogP contribution in [0.1, 0.15) is 6.92 Å². The van der Waals surface area contributed by atoms with Crippen molar-refractivity contribution in [3.63, 3.8) is 0 Å². The molecule has 0 atom stereocenters. The molecular formula is C15H20OSi. The van der Waals surface area contributed by atoms with Gasteiger partial charge in [0.05, 0.1) is 14.7 Å². The molecule has 2 aromatic rings. The van der Waals surface area contributed by atoms with E-state index in [1.807, 2.05) is 6.92 Å². The Hall–Kier alpha value is -1.28. The van der Waals surface area contributed by atoms with Gasteiger partial charge in [0, 0.05) is 5.39 Å². The van der Waals surface area contributed by atoms with Gasteiger partial charge in [-0.3, -0.25) is 0 Å². The summed E-state index contributed by atoms with van der Waals surface area (Å²) in [6.45, 7) is 9.90. The summed E-state index contributed by atoms with van der Waals surface area (Å²) in [7, 11) is -1.30. The predicted molar refractivity (Wildman–Crippen MR) is 78.1 cm³/mol. The second-order valence-corrected chi connectivity index (χ2v) is 10.4. The highest BCUT2D eigenvalue weighted by Crippen LogP contribution is 2.25. The highest BCUT2D eigenvalue weighted by atomic mass is 28.3.